The SMILES string of the molecule is CCc1nn(CC)c(CC(=O)c2c(Cl)cccc2Cl)c1Br. The number of nitrogens with zero attached hydrogens (tertiary/aromatic N) is 2. The summed E-state index contributed by atoms with van der Waals surface area (Å²) in [4.78, 5) is 12.5. The summed E-state index contributed by atoms with van der Waals surface area (Å²) in [5.41, 5.74) is 2.18. The molecule has 0 unspecified atom stereocenters. The summed E-state index contributed by atoms with van der Waals surface area (Å²) in [5.74, 6) is -0.108. The third kappa shape index (κ3) is 3.33. The molecule has 2 rings (SSSR count). The minimum absolute atomic E-state index is 0.108. The van der Waals surface area contributed by atoms with Crippen LogP contribution in [0.25, 0.3) is 0 Å². The number of rotatable bonds is 5. The number of benzene rings is 1. The van der Waals surface area contributed by atoms with Crippen LogP contribution in [0.3, 0.4) is 0 Å². The van der Waals surface area contributed by atoms with Gasteiger partial charge >= 0.3 is 0 Å². The first-order valence-corrected chi connectivity index (χ1v) is 8.25. The second-order valence-corrected chi connectivity index (χ2v) is 6.18. The molecule has 0 spiro atoms. The van der Waals surface area contributed by atoms with Gasteiger partial charge < -0.3 is 0 Å². The summed E-state index contributed by atoms with van der Waals surface area (Å²) in [6.07, 6.45) is 1.02. The topological polar surface area (TPSA) is 34.9 Å². The summed E-state index contributed by atoms with van der Waals surface area (Å²) in [7, 11) is 0. The number of ketones is 1. The maximum atomic E-state index is 12.5. The van der Waals surface area contributed by atoms with Crippen LogP contribution in [0, 0.1) is 0 Å². The van der Waals surface area contributed by atoms with Crippen molar-refractivity contribution in [2.75, 3.05) is 0 Å². The van der Waals surface area contributed by atoms with Gasteiger partial charge in [0.2, 0.25) is 0 Å². The van der Waals surface area contributed by atoms with Crippen molar-refractivity contribution < 1.29 is 4.79 Å². The number of aromatic nitrogens is 2. The van der Waals surface area contributed by atoms with Crippen LogP contribution in [0.5, 0.6) is 0 Å². The molecule has 0 atom stereocenters. The molecule has 0 aliphatic carbocycles. The Morgan fingerprint density at radius 2 is 1.90 bits per heavy atom. The first-order valence-electron chi connectivity index (χ1n) is 6.70. The third-order valence-electron chi connectivity index (χ3n) is 3.26. The van der Waals surface area contributed by atoms with E-state index in [9.17, 15) is 4.79 Å². The Morgan fingerprint density at radius 3 is 2.43 bits per heavy atom. The first kappa shape index (κ1) is 16.5. The highest BCUT2D eigenvalue weighted by Crippen LogP contribution is 2.28. The van der Waals surface area contributed by atoms with Crippen LogP contribution in [-0.2, 0) is 19.4 Å². The van der Waals surface area contributed by atoms with Crippen molar-refractivity contribution in [3.05, 3.63) is 49.7 Å². The second-order valence-electron chi connectivity index (χ2n) is 4.57. The Kier molecular flexibility index (Phi) is 5.47. The van der Waals surface area contributed by atoms with Crippen LogP contribution < -0.4 is 0 Å². The fraction of sp³-hybridized carbons (Fsp3) is 0.333. The van der Waals surface area contributed by atoms with Gasteiger partial charge in [0, 0.05) is 6.54 Å². The molecule has 1 heterocycles. The molecule has 6 heteroatoms. The zero-order valence-corrected chi connectivity index (χ0v) is 14.9. The largest absolute Gasteiger partial charge is 0.294 e. The zero-order chi connectivity index (χ0) is 15.6. The number of carbonyl (C=O) groups excluding carboxylic acids is 1. The fourth-order valence-corrected chi connectivity index (χ4v) is 3.50. The Bertz CT molecular complexity index is 662. The van der Waals surface area contributed by atoms with Gasteiger partial charge in [-0.1, -0.05) is 36.2 Å². The lowest BCUT2D eigenvalue weighted by molar-refractivity contribution is 0.0990. The predicted molar refractivity (Wildman–Crippen MR) is 89.5 cm³/mol. The van der Waals surface area contributed by atoms with Crippen LogP contribution in [0.1, 0.15) is 35.6 Å². The van der Waals surface area contributed by atoms with Gasteiger partial charge in [0.15, 0.2) is 5.78 Å². The molecule has 0 aliphatic rings. The molecular formula is C15H15BrCl2N2O. The van der Waals surface area contributed by atoms with Crippen molar-refractivity contribution in [3.8, 4) is 0 Å². The zero-order valence-electron chi connectivity index (χ0n) is 11.8. The molecule has 0 saturated heterocycles. The molecule has 21 heavy (non-hydrogen) atoms. The third-order valence-corrected chi connectivity index (χ3v) is 4.81. The van der Waals surface area contributed by atoms with Crippen LogP contribution in [0.2, 0.25) is 10.0 Å². The van der Waals surface area contributed by atoms with Crippen molar-refractivity contribution in [2.24, 2.45) is 0 Å². The van der Waals surface area contributed by atoms with E-state index in [0.29, 0.717) is 22.2 Å². The lowest BCUT2D eigenvalue weighted by Crippen LogP contribution is -2.11. The minimum atomic E-state index is -0.108. The number of hydrogen-bond acceptors (Lipinski definition) is 2. The molecule has 0 fully saturated rings. The van der Waals surface area contributed by atoms with Gasteiger partial charge in [-0.05, 0) is 41.4 Å². The summed E-state index contributed by atoms with van der Waals surface area (Å²) >= 11 is 15.7. The van der Waals surface area contributed by atoms with E-state index in [0.717, 1.165) is 22.3 Å². The molecule has 0 aliphatic heterocycles. The van der Waals surface area contributed by atoms with E-state index in [1.165, 1.54) is 0 Å². The van der Waals surface area contributed by atoms with Gasteiger partial charge in [-0.2, -0.15) is 5.10 Å². The summed E-state index contributed by atoms with van der Waals surface area (Å²) in [6.45, 7) is 4.73. The quantitative estimate of drug-likeness (QED) is 0.677. The molecule has 0 amide bonds. The van der Waals surface area contributed by atoms with Crippen LogP contribution in [-0.4, -0.2) is 15.6 Å². The maximum absolute atomic E-state index is 12.5. The highest BCUT2D eigenvalue weighted by Gasteiger charge is 2.20. The van der Waals surface area contributed by atoms with E-state index in [2.05, 4.69) is 21.0 Å². The average molecular weight is 390 g/mol. The van der Waals surface area contributed by atoms with Crippen molar-refractivity contribution in [2.45, 2.75) is 33.2 Å². The van der Waals surface area contributed by atoms with Crippen molar-refractivity contribution in [1.82, 2.24) is 9.78 Å². The van der Waals surface area contributed by atoms with Crippen molar-refractivity contribution in [1.29, 1.82) is 0 Å². The summed E-state index contributed by atoms with van der Waals surface area (Å²) in [5, 5.41) is 5.24. The number of carbonyl (C=O) groups is 1. The minimum Gasteiger partial charge on any atom is -0.294 e. The Hall–Kier alpha value is -0.840. The normalized spacial score (nSPS) is 10.9. The van der Waals surface area contributed by atoms with Gasteiger partial charge in [-0.25, -0.2) is 0 Å². The van der Waals surface area contributed by atoms with E-state index < -0.39 is 0 Å². The Morgan fingerprint density at radius 1 is 1.29 bits per heavy atom. The fourth-order valence-electron chi connectivity index (χ4n) is 2.19. The molecule has 0 radical (unpaired) electrons. The number of Topliss-reactive ketones (excluding diaryl/α,β-unsaturated/α-hetero) is 1. The van der Waals surface area contributed by atoms with Gasteiger partial charge in [0.05, 0.1) is 37.9 Å². The smallest absolute Gasteiger partial charge is 0.171 e. The van der Waals surface area contributed by atoms with E-state index in [4.69, 9.17) is 23.2 Å². The number of aryl methyl sites for hydroxylation is 2. The first-order chi connectivity index (χ1) is 9.99. The highest BCUT2D eigenvalue weighted by molar-refractivity contribution is 9.10. The highest BCUT2D eigenvalue weighted by atomic mass is 79.9. The maximum Gasteiger partial charge on any atom is 0.171 e. The molecule has 1 aromatic heterocycles. The van der Waals surface area contributed by atoms with Gasteiger partial charge in [-0.3, -0.25) is 9.48 Å². The lowest BCUT2D eigenvalue weighted by Gasteiger charge is -2.08. The molecule has 0 saturated carbocycles. The molecule has 112 valence electrons. The number of hydrogen-bond donors (Lipinski definition) is 0. The van der Waals surface area contributed by atoms with E-state index in [1.807, 2.05) is 18.5 Å². The molecule has 2 aromatic rings. The van der Waals surface area contributed by atoms with Crippen LogP contribution in [0.4, 0.5) is 0 Å². The number of halogens is 3. The van der Waals surface area contributed by atoms with Crippen LogP contribution in [0.15, 0.2) is 22.7 Å². The monoisotopic (exact) mass is 388 g/mol. The van der Waals surface area contributed by atoms with Gasteiger partial charge in [0.1, 0.15) is 0 Å². The molecule has 3 nitrogen and oxygen atoms in total. The standard InChI is InChI=1S/C15H15BrCl2N2O/c1-3-11-15(16)12(20(4-2)19-11)8-13(21)14-9(17)6-5-7-10(14)18/h5-7H,3-4,8H2,1-2H3. The average Bonchev–Trinajstić information content (AvgIpc) is 2.75. The van der Waals surface area contributed by atoms with E-state index in [1.54, 1.807) is 18.2 Å². The van der Waals surface area contributed by atoms with Crippen LogP contribution >= 0.6 is 39.1 Å². The Balaban J connectivity index is 2.38. The molecule has 1 aromatic carbocycles. The van der Waals surface area contributed by atoms with Crippen molar-refractivity contribution in [3.63, 3.8) is 0 Å². The van der Waals surface area contributed by atoms with E-state index in [-0.39, 0.29) is 12.2 Å². The summed E-state index contributed by atoms with van der Waals surface area (Å²) < 4.78 is 2.73. The lowest BCUT2D eigenvalue weighted by atomic mass is 10.1. The molecule has 0 N–H and O–H groups in total. The molecular weight excluding hydrogens is 375 g/mol. The van der Waals surface area contributed by atoms with Crippen molar-refractivity contribution >= 4 is 44.9 Å². The van der Waals surface area contributed by atoms with Gasteiger partial charge in [0.25, 0.3) is 0 Å². The van der Waals surface area contributed by atoms with E-state index >= 15 is 0 Å². The van der Waals surface area contributed by atoms with Gasteiger partial charge in [-0.15, -0.1) is 0 Å². The summed E-state index contributed by atoms with van der Waals surface area (Å²) in [6, 6.07) is 5.07. The Labute approximate surface area is 142 Å². The molecule has 0 bridgehead atoms. The second kappa shape index (κ2) is 6.95. The predicted octanol–water partition coefficient (Wildman–Crippen LogP) is 4.96.